The van der Waals surface area contributed by atoms with Crippen LogP contribution >= 0.6 is 22.7 Å². The first-order chi connectivity index (χ1) is 13.6. The number of hydrogen-bond acceptors (Lipinski definition) is 7. The summed E-state index contributed by atoms with van der Waals surface area (Å²) >= 11 is 3.37. The van der Waals surface area contributed by atoms with Crippen LogP contribution in [0.25, 0.3) is 20.9 Å². The predicted molar refractivity (Wildman–Crippen MR) is 115 cm³/mol. The lowest BCUT2D eigenvalue weighted by Gasteiger charge is -2.17. The number of aromatic nitrogens is 2. The molecule has 1 aromatic carbocycles. The largest absolute Gasteiger partial charge is 0.454 e. The van der Waals surface area contributed by atoms with Crippen molar-refractivity contribution < 1.29 is 9.47 Å². The average Bonchev–Trinajstić information content (AvgIpc) is 3.42. The van der Waals surface area contributed by atoms with Crippen molar-refractivity contribution in [2.24, 2.45) is 0 Å². The molecule has 7 heteroatoms. The molecule has 4 aromatic rings. The highest BCUT2D eigenvalue weighted by Gasteiger charge is 2.20. The van der Waals surface area contributed by atoms with Crippen LogP contribution in [0.3, 0.4) is 0 Å². The van der Waals surface area contributed by atoms with Gasteiger partial charge in [0.2, 0.25) is 6.79 Å². The van der Waals surface area contributed by atoms with E-state index >= 15 is 0 Å². The number of anilines is 1. The summed E-state index contributed by atoms with van der Waals surface area (Å²) in [5, 5.41) is 6.77. The molecule has 0 fully saturated rings. The molecule has 1 atom stereocenters. The molecular formula is C21H19N3O2S2. The first-order valence-corrected chi connectivity index (χ1v) is 10.8. The molecule has 28 heavy (non-hydrogen) atoms. The number of nitrogens with zero attached hydrogens (tertiary/aromatic N) is 2. The Hall–Kier alpha value is -2.64. The van der Waals surface area contributed by atoms with Gasteiger partial charge < -0.3 is 14.8 Å². The average molecular weight is 410 g/mol. The first-order valence-electron chi connectivity index (χ1n) is 9.08. The lowest BCUT2D eigenvalue weighted by atomic mass is 10.1. The van der Waals surface area contributed by atoms with Gasteiger partial charge in [-0.05, 0) is 55.5 Å². The maximum atomic E-state index is 5.53. The number of ether oxygens (including phenoxy) is 2. The molecule has 1 unspecified atom stereocenters. The summed E-state index contributed by atoms with van der Waals surface area (Å²) in [6.45, 7) is 6.69. The van der Waals surface area contributed by atoms with Gasteiger partial charge in [-0.1, -0.05) is 12.1 Å². The molecule has 142 valence electrons. The molecule has 0 radical (unpaired) electrons. The second kappa shape index (κ2) is 6.76. The van der Waals surface area contributed by atoms with Gasteiger partial charge in [0.1, 0.15) is 10.6 Å². The highest BCUT2D eigenvalue weighted by atomic mass is 32.1. The number of hydrogen-bond donors (Lipinski definition) is 1. The van der Waals surface area contributed by atoms with Crippen molar-refractivity contribution in [3.63, 3.8) is 0 Å². The maximum absolute atomic E-state index is 5.53. The Bertz CT molecular complexity index is 1170. The van der Waals surface area contributed by atoms with E-state index < -0.39 is 0 Å². The molecule has 1 aliphatic rings. The van der Waals surface area contributed by atoms with Gasteiger partial charge in [0.05, 0.1) is 16.3 Å². The summed E-state index contributed by atoms with van der Waals surface area (Å²) in [6.07, 6.45) is 0. The number of aryl methyl sites for hydroxylation is 2. The summed E-state index contributed by atoms with van der Waals surface area (Å²) in [7, 11) is 0. The summed E-state index contributed by atoms with van der Waals surface area (Å²) in [5.74, 6) is 3.23. The van der Waals surface area contributed by atoms with Crippen molar-refractivity contribution in [2.45, 2.75) is 26.8 Å². The Kier molecular flexibility index (Phi) is 4.21. The van der Waals surface area contributed by atoms with Gasteiger partial charge in [-0.15, -0.1) is 22.7 Å². The number of thiophene rings is 2. The monoisotopic (exact) mass is 409 g/mol. The minimum atomic E-state index is 0.0587. The predicted octanol–water partition coefficient (Wildman–Crippen LogP) is 5.94. The third-order valence-electron chi connectivity index (χ3n) is 5.02. The van der Waals surface area contributed by atoms with Crippen LogP contribution in [0.4, 0.5) is 5.82 Å². The number of benzene rings is 1. The minimum absolute atomic E-state index is 0.0587. The Morgan fingerprint density at radius 2 is 1.96 bits per heavy atom. The molecule has 1 aliphatic heterocycles. The first kappa shape index (κ1) is 17.5. The lowest BCUT2D eigenvalue weighted by molar-refractivity contribution is 0.174. The number of fused-ring (bicyclic) bond motifs is 2. The second-order valence-corrected chi connectivity index (χ2v) is 8.97. The molecular weight excluding hydrogens is 390 g/mol. The number of rotatable bonds is 4. The standard InChI is InChI=1S/C21H19N3O2S2/c1-11-13(3)28-21-18(11)20(23-19(24-21)17-5-4-8-27-17)22-12(2)14-6-7-15-16(9-14)26-10-25-15/h4-9,12H,10H2,1-3H3,(H,22,23,24). The van der Waals surface area contributed by atoms with E-state index in [4.69, 9.17) is 19.4 Å². The van der Waals surface area contributed by atoms with E-state index in [9.17, 15) is 0 Å². The Morgan fingerprint density at radius 3 is 2.79 bits per heavy atom. The third-order valence-corrected chi connectivity index (χ3v) is 6.99. The van der Waals surface area contributed by atoms with Crippen molar-refractivity contribution in [1.29, 1.82) is 0 Å². The van der Waals surface area contributed by atoms with Crippen LogP contribution in [0.5, 0.6) is 11.5 Å². The Balaban J connectivity index is 1.57. The zero-order valence-corrected chi connectivity index (χ0v) is 17.4. The van der Waals surface area contributed by atoms with E-state index in [1.165, 1.54) is 10.4 Å². The van der Waals surface area contributed by atoms with Gasteiger partial charge in [-0.2, -0.15) is 0 Å². The lowest BCUT2D eigenvalue weighted by Crippen LogP contribution is -2.09. The van der Waals surface area contributed by atoms with Crippen LogP contribution in [-0.4, -0.2) is 16.8 Å². The summed E-state index contributed by atoms with van der Waals surface area (Å²) in [6, 6.07) is 10.2. The quantitative estimate of drug-likeness (QED) is 0.452. The minimum Gasteiger partial charge on any atom is -0.454 e. The molecule has 3 aromatic heterocycles. The SMILES string of the molecule is Cc1sc2nc(-c3cccs3)nc(NC(C)c3ccc4c(c3)OCO4)c2c1C. The van der Waals surface area contributed by atoms with Gasteiger partial charge in [0, 0.05) is 4.88 Å². The molecule has 5 rings (SSSR count). The smallest absolute Gasteiger partial charge is 0.231 e. The van der Waals surface area contributed by atoms with Crippen molar-refractivity contribution >= 4 is 38.7 Å². The van der Waals surface area contributed by atoms with Gasteiger partial charge in [0.25, 0.3) is 0 Å². The van der Waals surface area contributed by atoms with Crippen LogP contribution in [0.2, 0.25) is 0 Å². The fourth-order valence-electron chi connectivity index (χ4n) is 3.34. The van der Waals surface area contributed by atoms with E-state index in [1.807, 2.05) is 18.2 Å². The summed E-state index contributed by atoms with van der Waals surface area (Å²) in [4.78, 5) is 13.1. The summed E-state index contributed by atoms with van der Waals surface area (Å²) in [5.41, 5.74) is 2.36. The summed E-state index contributed by atoms with van der Waals surface area (Å²) < 4.78 is 11.0. The Labute approximate surface area is 171 Å². The zero-order valence-electron chi connectivity index (χ0n) is 15.8. The molecule has 4 heterocycles. The molecule has 0 aliphatic carbocycles. The van der Waals surface area contributed by atoms with E-state index in [1.54, 1.807) is 22.7 Å². The second-order valence-electron chi connectivity index (χ2n) is 6.82. The van der Waals surface area contributed by atoms with Gasteiger partial charge in [-0.25, -0.2) is 9.97 Å². The molecule has 0 spiro atoms. The van der Waals surface area contributed by atoms with Crippen molar-refractivity contribution in [3.05, 3.63) is 51.7 Å². The van der Waals surface area contributed by atoms with E-state index in [2.05, 4.69) is 43.6 Å². The maximum Gasteiger partial charge on any atom is 0.231 e. The van der Waals surface area contributed by atoms with Gasteiger partial charge in [0.15, 0.2) is 17.3 Å². The zero-order chi connectivity index (χ0) is 19.3. The molecule has 0 amide bonds. The molecule has 5 nitrogen and oxygen atoms in total. The normalized spacial score (nSPS) is 13.8. The van der Waals surface area contributed by atoms with Crippen LogP contribution in [0.1, 0.15) is 29.0 Å². The van der Waals surface area contributed by atoms with Crippen molar-refractivity contribution in [3.8, 4) is 22.2 Å². The highest BCUT2D eigenvalue weighted by molar-refractivity contribution is 7.19. The van der Waals surface area contributed by atoms with Crippen LogP contribution in [0, 0.1) is 13.8 Å². The van der Waals surface area contributed by atoms with Gasteiger partial charge in [-0.3, -0.25) is 0 Å². The number of nitrogens with one attached hydrogen (secondary N) is 1. The van der Waals surface area contributed by atoms with Gasteiger partial charge >= 0.3 is 0 Å². The highest BCUT2D eigenvalue weighted by Crippen LogP contribution is 2.38. The Morgan fingerprint density at radius 1 is 1.11 bits per heavy atom. The topological polar surface area (TPSA) is 56.3 Å². The molecule has 1 N–H and O–H groups in total. The molecule has 0 saturated carbocycles. The molecule has 0 bridgehead atoms. The van der Waals surface area contributed by atoms with Crippen LogP contribution in [-0.2, 0) is 0 Å². The third kappa shape index (κ3) is 2.91. The van der Waals surface area contributed by atoms with E-state index in [-0.39, 0.29) is 12.8 Å². The van der Waals surface area contributed by atoms with Crippen molar-refractivity contribution in [2.75, 3.05) is 12.1 Å². The van der Waals surface area contributed by atoms with E-state index in [0.717, 1.165) is 43.8 Å². The fraction of sp³-hybridized carbons (Fsp3) is 0.238. The van der Waals surface area contributed by atoms with E-state index in [0.29, 0.717) is 0 Å². The van der Waals surface area contributed by atoms with Crippen LogP contribution in [0.15, 0.2) is 35.7 Å². The molecule has 0 saturated heterocycles. The van der Waals surface area contributed by atoms with Crippen molar-refractivity contribution in [1.82, 2.24) is 9.97 Å². The van der Waals surface area contributed by atoms with Crippen LogP contribution < -0.4 is 14.8 Å². The fourth-order valence-corrected chi connectivity index (χ4v) is 5.03.